The predicted octanol–water partition coefficient (Wildman–Crippen LogP) is 2.67. The van der Waals surface area contributed by atoms with E-state index in [1.807, 2.05) is 0 Å². The second-order valence-electron chi connectivity index (χ2n) is 6.92. The number of ether oxygens (including phenoxy) is 2. The Hall–Kier alpha value is -0.0951. The van der Waals surface area contributed by atoms with Gasteiger partial charge in [0.2, 0.25) is 0 Å². The smallest absolute Gasteiger partial charge is 0.402 e. The Kier molecular flexibility index (Phi) is 4.15. The maximum absolute atomic E-state index is 6.55. The van der Waals surface area contributed by atoms with Crippen LogP contribution < -0.4 is 0 Å². The third-order valence-electron chi connectivity index (χ3n) is 5.60. The molecule has 0 aromatic carbocycles. The van der Waals surface area contributed by atoms with Crippen molar-refractivity contribution in [1.82, 2.24) is 0 Å². The zero-order chi connectivity index (χ0) is 14.2. The average molecular weight is 282 g/mol. The van der Waals surface area contributed by atoms with Crippen LogP contribution in [0.1, 0.15) is 46.5 Å². The van der Waals surface area contributed by atoms with Crippen molar-refractivity contribution in [1.29, 1.82) is 0 Å². The molecule has 3 fully saturated rings. The third-order valence-corrected chi connectivity index (χ3v) is 5.60. The van der Waals surface area contributed by atoms with E-state index < -0.39 is 0 Å². The summed E-state index contributed by atoms with van der Waals surface area (Å²) in [6.45, 7) is 9.86. The fraction of sp³-hybridized carbons (Fsp3) is 1.00. The number of hydrogen-bond donors (Lipinski definition) is 0. The molecular weight excluding hydrogens is 255 g/mol. The van der Waals surface area contributed by atoms with Crippen LogP contribution in [-0.2, 0) is 18.8 Å². The van der Waals surface area contributed by atoms with Crippen molar-refractivity contribution in [3.63, 3.8) is 0 Å². The largest absolute Gasteiger partial charge is 0.461 e. The highest BCUT2D eigenvalue weighted by Gasteiger charge is 2.63. The first-order valence-corrected chi connectivity index (χ1v) is 8.10. The van der Waals surface area contributed by atoms with Crippen LogP contribution in [0.3, 0.4) is 0 Å². The van der Waals surface area contributed by atoms with E-state index in [2.05, 4.69) is 20.8 Å². The summed E-state index contributed by atoms with van der Waals surface area (Å²) in [5, 5.41) is 0. The first-order chi connectivity index (χ1) is 9.59. The SMILES string of the molecule is CC(C)C(C)B1OC2(CCOCC2)C2(CCOCC2)O1. The zero-order valence-corrected chi connectivity index (χ0v) is 13.0. The molecule has 0 aromatic heterocycles. The minimum atomic E-state index is -0.150. The molecule has 0 aliphatic carbocycles. The zero-order valence-electron chi connectivity index (χ0n) is 13.0. The van der Waals surface area contributed by atoms with Gasteiger partial charge in [0, 0.05) is 52.1 Å². The molecule has 3 rings (SSSR count). The Balaban J connectivity index is 1.85. The summed E-state index contributed by atoms with van der Waals surface area (Å²) in [4.78, 5) is 0. The number of rotatable bonds is 2. The van der Waals surface area contributed by atoms with E-state index in [1.165, 1.54) is 0 Å². The van der Waals surface area contributed by atoms with Gasteiger partial charge in [-0.2, -0.15) is 0 Å². The Labute approximate surface area is 122 Å². The molecule has 3 heterocycles. The van der Waals surface area contributed by atoms with E-state index in [4.69, 9.17) is 18.8 Å². The van der Waals surface area contributed by atoms with Crippen molar-refractivity contribution < 1.29 is 18.8 Å². The van der Waals surface area contributed by atoms with Crippen molar-refractivity contribution in [2.45, 2.75) is 63.5 Å². The Morgan fingerprint density at radius 2 is 1.15 bits per heavy atom. The standard InChI is InChI=1S/C15H27BO4/c1-12(2)13(3)16-19-14(4-8-17-9-5-14)15(20-16)6-10-18-11-7-15/h12-13H,4-11H2,1-3H3. The summed E-state index contributed by atoms with van der Waals surface area (Å²) in [5.41, 5.74) is -0.300. The highest BCUT2D eigenvalue weighted by atomic mass is 16.7. The van der Waals surface area contributed by atoms with Crippen molar-refractivity contribution >= 4 is 7.12 Å². The summed E-state index contributed by atoms with van der Waals surface area (Å²) < 4.78 is 24.2. The summed E-state index contributed by atoms with van der Waals surface area (Å²) in [7, 11) is -0.0776. The third kappa shape index (κ3) is 2.33. The first-order valence-electron chi connectivity index (χ1n) is 8.10. The van der Waals surface area contributed by atoms with E-state index in [1.54, 1.807) is 0 Å². The molecule has 0 N–H and O–H groups in total. The average Bonchev–Trinajstić information content (AvgIpc) is 2.74. The van der Waals surface area contributed by atoms with Crippen molar-refractivity contribution in [3.05, 3.63) is 0 Å². The number of fused-ring (bicyclic) bond motifs is 1. The monoisotopic (exact) mass is 282 g/mol. The van der Waals surface area contributed by atoms with Crippen LogP contribution in [0.4, 0.5) is 0 Å². The summed E-state index contributed by atoms with van der Waals surface area (Å²) >= 11 is 0. The Bertz CT molecular complexity index is 309. The molecule has 5 heteroatoms. The Morgan fingerprint density at radius 3 is 1.50 bits per heavy atom. The molecule has 0 radical (unpaired) electrons. The second kappa shape index (κ2) is 5.60. The molecule has 3 aliphatic heterocycles. The molecule has 0 saturated carbocycles. The summed E-state index contributed by atoms with van der Waals surface area (Å²) in [6.07, 6.45) is 3.81. The van der Waals surface area contributed by atoms with E-state index in [0.29, 0.717) is 11.7 Å². The van der Waals surface area contributed by atoms with E-state index >= 15 is 0 Å². The molecule has 0 aromatic rings. The van der Waals surface area contributed by atoms with E-state index in [-0.39, 0.29) is 18.3 Å². The van der Waals surface area contributed by atoms with Gasteiger partial charge in [0.05, 0.1) is 11.2 Å². The van der Waals surface area contributed by atoms with Crippen LogP contribution >= 0.6 is 0 Å². The van der Waals surface area contributed by atoms with Crippen molar-refractivity contribution in [2.24, 2.45) is 5.92 Å². The van der Waals surface area contributed by atoms with Crippen LogP contribution in [-0.4, -0.2) is 44.7 Å². The molecular formula is C15H27BO4. The maximum Gasteiger partial charge on any atom is 0.461 e. The number of hydrogen-bond acceptors (Lipinski definition) is 4. The molecule has 1 unspecified atom stereocenters. The lowest BCUT2D eigenvalue weighted by molar-refractivity contribution is -0.147. The minimum Gasteiger partial charge on any atom is -0.402 e. The summed E-state index contributed by atoms with van der Waals surface area (Å²) in [5.74, 6) is 0.976. The quantitative estimate of drug-likeness (QED) is 0.730. The van der Waals surface area contributed by atoms with Crippen LogP contribution in [0.15, 0.2) is 0 Å². The molecule has 4 nitrogen and oxygen atoms in total. The van der Waals surface area contributed by atoms with Gasteiger partial charge in [-0.05, 0) is 11.7 Å². The highest BCUT2D eigenvalue weighted by Crippen LogP contribution is 2.51. The maximum atomic E-state index is 6.55. The van der Waals surface area contributed by atoms with Gasteiger partial charge in [0.25, 0.3) is 0 Å². The molecule has 3 aliphatic rings. The summed E-state index contributed by atoms with van der Waals surface area (Å²) in [6, 6.07) is 0. The molecule has 0 amide bonds. The van der Waals surface area contributed by atoms with E-state index in [0.717, 1.165) is 52.1 Å². The molecule has 2 spiro atoms. The molecule has 1 atom stereocenters. The molecule has 114 valence electrons. The van der Waals surface area contributed by atoms with Gasteiger partial charge in [-0.1, -0.05) is 20.8 Å². The van der Waals surface area contributed by atoms with Crippen LogP contribution in [0.2, 0.25) is 5.82 Å². The van der Waals surface area contributed by atoms with Crippen molar-refractivity contribution in [2.75, 3.05) is 26.4 Å². The fourth-order valence-corrected chi connectivity index (χ4v) is 3.76. The predicted molar refractivity (Wildman–Crippen MR) is 77.8 cm³/mol. The van der Waals surface area contributed by atoms with Gasteiger partial charge in [-0.25, -0.2) is 0 Å². The van der Waals surface area contributed by atoms with Gasteiger partial charge < -0.3 is 18.8 Å². The second-order valence-corrected chi connectivity index (χ2v) is 6.92. The molecule has 3 saturated heterocycles. The van der Waals surface area contributed by atoms with Gasteiger partial charge in [0.15, 0.2) is 0 Å². The van der Waals surface area contributed by atoms with E-state index in [9.17, 15) is 0 Å². The van der Waals surface area contributed by atoms with Crippen molar-refractivity contribution in [3.8, 4) is 0 Å². The Morgan fingerprint density at radius 1 is 0.750 bits per heavy atom. The fourth-order valence-electron chi connectivity index (χ4n) is 3.76. The molecule has 20 heavy (non-hydrogen) atoms. The normalized spacial score (nSPS) is 30.3. The van der Waals surface area contributed by atoms with Gasteiger partial charge in [-0.15, -0.1) is 0 Å². The molecule has 0 bridgehead atoms. The first kappa shape index (κ1) is 14.8. The lowest BCUT2D eigenvalue weighted by Crippen LogP contribution is -2.57. The van der Waals surface area contributed by atoms with Gasteiger partial charge in [-0.3, -0.25) is 0 Å². The highest BCUT2D eigenvalue weighted by molar-refractivity contribution is 6.47. The minimum absolute atomic E-state index is 0.0776. The lowest BCUT2D eigenvalue weighted by atomic mass is 9.67. The topological polar surface area (TPSA) is 36.9 Å². The lowest BCUT2D eigenvalue weighted by Gasteiger charge is -2.48. The van der Waals surface area contributed by atoms with Crippen LogP contribution in [0.5, 0.6) is 0 Å². The van der Waals surface area contributed by atoms with Crippen LogP contribution in [0, 0.1) is 5.92 Å². The van der Waals surface area contributed by atoms with Gasteiger partial charge in [0.1, 0.15) is 0 Å². The van der Waals surface area contributed by atoms with Crippen LogP contribution in [0.25, 0.3) is 0 Å². The van der Waals surface area contributed by atoms with Gasteiger partial charge >= 0.3 is 7.12 Å².